The van der Waals surface area contributed by atoms with Crippen molar-refractivity contribution in [2.75, 3.05) is 7.11 Å². The standard InChI is InChI=1S/C13H18FNO/c1-8(2)12-10(13(15)4-5-13)6-9(14)7-11(12)16-3/h6-8H,4-5,15H2,1-3H3. The lowest BCUT2D eigenvalue weighted by atomic mass is 9.90. The Labute approximate surface area is 95.6 Å². The quantitative estimate of drug-likeness (QED) is 0.855. The number of hydrogen-bond donors (Lipinski definition) is 1. The van der Waals surface area contributed by atoms with Gasteiger partial charge in [-0.1, -0.05) is 13.8 Å². The van der Waals surface area contributed by atoms with Gasteiger partial charge in [-0.15, -0.1) is 0 Å². The molecule has 2 nitrogen and oxygen atoms in total. The average Bonchev–Trinajstić information content (AvgIpc) is 2.96. The van der Waals surface area contributed by atoms with Gasteiger partial charge in [0, 0.05) is 17.2 Å². The Balaban J connectivity index is 2.60. The molecule has 2 rings (SSSR count). The van der Waals surface area contributed by atoms with E-state index < -0.39 is 0 Å². The van der Waals surface area contributed by atoms with Crippen molar-refractivity contribution in [2.24, 2.45) is 5.73 Å². The van der Waals surface area contributed by atoms with Crippen molar-refractivity contribution in [3.8, 4) is 5.75 Å². The molecule has 88 valence electrons. The summed E-state index contributed by atoms with van der Waals surface area (Å²) in [6.07, 6.45) is 1.86. The molecule has 0 spiro atoms. The summed E-state index contributed by atoms with van der Waals surface area (Å²) in [7, 11) is 1.57. The SMILES string of the molecule is COc1cc(F)cc(C2(N)CC2)c1C(C)C. The predicted molar refractivity (Wildman–Crippen MR) is 62.1 cm³/mol. The highest BCUT2D eigenvalue weighted by molar-refractivity contribution is 5.48. The van der Waals surface area contributed by atoms with E-state index in [9.17, 15) is 4.39 Å². The lowest BCUT2D eigenvalue weighted by Gasteiger charge is -2.21. The van der Waals surface area contributed by atoms with Gasteiger partial charge in [-0.05, 0) is 30.4 Å². The summed E-state index contributed by atoms with van der Waals surface area (Å²) in [4.78, 5) is 0. The number of nitrogens with two attached hydrogens (primary N) is 1. The van der Waals surface area contributed by atoms with E-state index in [1.165, 1.54) is 6.07 Å². The summed E-state index contributed by atoms with van der Waals surface area (Å²) in [5, 5.41) is 0. The lowest BCUT2D eigenvalue weighted by Crippen LogP contribution is -2.22. The van der Waals surface area contributed by atoms with Gasteiger partial charge in [0.15, 0.2) is 0 Å². The van der Waals surface area contributed by atoms with Crippen molar-refractivity contribution in [3.63, 3.8) is 0 Å². The fourth-order valence-electron chi connectivity index (χ4n) is 2.17. The molecule has 1 aromatic carbocycles. The van der Waals surface area contributed by atoms with Crippen LogP contribution in [0.2, 0.25) is 0 Å². The molecule has 0 atom stereocenters. The monoisotopic (exact) mass is 223 g/mol. The first-order valence-corrected chi connectivity index (χ1v) is 5.65. The van der Waals surface area contributed by atoms with Crippen molar-refractivity contribution in [3.05, 3.63) is 29.1 Å². The highest BCUT2D eigenvalue weighted by Crippen LogP contribution is 2.47. The summed E-state index contributed by atoms with van der Waals surface area (Å²) >= 11 is 0. The average molecular weight is 223 g/mol. The topological polar surface area (TPSA) is 35.2 Å². The van der Waals surface area contributed by atoms with E-state index >= 15 is 0 Å². The fraction of sp³-hybridized carbons (Fsp3) is 0.538. The fourth-order valence-corrected chi connectivity index (χ4v) is 2.17. The van der Waals surface area contributed by atoms with Gasteiger partial charge >= 0.3 is 0 Å². The second-order valence-electron chi connectivity index (χ2n) is 4.88. The zero-order chi connectivity index (χ0) is 11.9. The maximum absolute atomic E-state index is 13.5. The van der Waals surface area contributed by atoms with Crippen LogP contribution in [-0.4, -0.2) is 7.11 Å². The van der Waals surface area contributed by atoms with Crippen LogP contribution in [0.15, 0.2) is 12.1 Å². The highest BCUT2D eigenvalue weighted by atomic mass is 19.1. The summed E-state index contributed by atoms with van der Waals surface area (Å²) in [5.41, 5.74) is 7.81. The molecule has 3 heteroatoms. The van der Waals surface area contributed by atoms with Crippen molar-refractivity contribution < 1.29 is 9.13 Å². The Morgan fingerprint density at radius 3 is 2.44 bits per heavy atom. The van der Waals surface area contributed by atoms with Crippen LogP contribution in [0.3, 0.4) is 0 Å². The van der Waals surface area contributed by atoms with Gasteiger partial charge < -0.3 is 10.5 Å². The first-order chi connectivity index (χ1) is 7.48. The molecule has 0 saturated heterocycles. The van der Waals surface area contributed by atoms with Gasteiger partial charge in [-0.25, -0.2) is 4.39 Å². The highest BCUT2D eigenvalue weighted by Gasteiger charge is 2.42. The van der Waals surface area contributed by atoms with E-state index in [-0.39, 0.29) is 17.3 Å². The number of halogens is 1. The van der Waals surface area contributed by atoms with Crippen LogP contribution in [0, 0.1) is 5.82 Å². The van der Waals surface area contributed by atoms with Gasteiger partial charge in [-0.2, -0.15) is 0 Å². The molecular formula is C13H18FNO. The smallest absolute Gasteiger partial charge is 0.127 e. The molecule has 0 aliphatic heterocycles. The Bertz CT molecular complexity index is 411. The van der Waals surface area contributed by atoms with Gasteiger partial charge in [-0.3, -0.25) is 0 Å². The van der Waals surface area contributed by atoms with Crippen molar-refractivity contribution in [2.45, 2.75) is 38.1 Å². The summed E-state index contributed by atoms with van der Waals surface area (Å²) in [5.74, 6) is 0.626. The molecule has 1 aliphatic carbocycles. The van der Waals surface area contributed by atoms with Crippen molar-refractivity contribution >= 4 is 0 Å². The van der Waals surface area contributed by atoms with E-state index in [2.05, 4.69) is 13.8 Å². The molecule has 1 fully saturated rings. The first-order valence-electron chi connectivity index (χ1n) is 5.65. The van der Waals surface area contributed by atoms with Crippen LogP contribution in [0.1, 0.15) is 43.7 Å². The van der Waals surface area contributed by atoms with E-state index in [1.807, 2.05) is 0 Å². The Kier molecular flexibility index (Phi) is 2.66. The molecule has 1 aliphatic rings. The van der Waals surface area contributed by atoms with Crippen LogP contribution < -0.4 is 10.5 Å². The molecule has 0 heterocycles. The number of methoxy groups -OCH3 is 1. The third kappa shape index (κ3) is 1.80. The molecular weight excluding hydrogens is 205 g/mol. The van der Waals surface area contributed by atoms with Gasteiger partial charge in [0.05, 0.1) is 7.11 Å². The maximum atomic E-state index is 13.5. The van der Waals surface area contributed by atoms with E-state index in [0.717, 1.165) is 24.0 Å². The number of ether oxygens (including phenoxy) is 1. The van der Waals surface area contributed by atoms with Gasteiger partial charge in [0.25, 0.3) is 0 Å². The summed E-state index contributed by atoms with van der Waals surface area (Å²) in [6.45, 7) is 4.15. The molecule has 0 radical (unpaired) electrons. The zero-order valence-electron chi connectivity index (χ0n) is 10.0. The third-order valence-corrected chi connectivity index (χ3v) is 3.23. The predicted octanol–water partition coefficient (Wildman–Crippen LogP) is 2.91. The molecule has 16 heavy (non-hydrogen) atoms. The first kappa shape index (κ1) is 11.4. The number of benzene rings is 1. The van der Waals surface area contributed by atoms with Crippen LogP contribution in [0.5, 0.6) is 5.75 Å². The second kappa shape index (κ2) is 3.74. The molecule has 0 amide bonds. The molecule has 2 N–H and O–H groups in total. The van der Waals surface area contributed by atoms with Crippen LogP contribution in [0.4, 0.5) is 4.39 Å². The number of rotatable bonds is 3. The molecule has 0 unspecified atom stereocenters. The Morgan fingerprint density at radius 1 is 1.38 bits per heavy atom. The Hall–Kier alpha value is -1.09. The van der Waals surface area contributed by atoms with E-state index in [1.54, 1.807) is 13.2 Å². The molecule has 1 aromatic rings. The maximum Gasteiger partial charge on any atom is 0.127 e. The van der Waals surface area contributed by atoms with E-state index in [0.29, 0.717) is 5.75 Å². The normalized spacial score (nSPS) is 17.6. The second-order valence-corrected chi connectivity index (χ2v) is 4.88. The minimum absolute atomic E-state index is 0.270. The molecule has 0 bridgehead atoms. The lowest BCUT2D eigenvalue weighted by molar-refractivity contribution is 0.401. The zero-order valence-corrected chi connectivity index (χ0v) is 10.0. The minimum atomic E-state index is -0.324. The minimum Gasteiger partial charge on any atom is -0.496 e. The molecule has 0 aromatic heterocycles. The third-order valence-electron chi connectivity index (χ3n) is 3.23. The largest absolute Gasteiger partial charge is 0.496 e. The van der Waals surface area contributed by atoms with Crippen molar-refractivity contribution in [1.29, 1.82) is 0 Å². The van der Waals surface area contributed by atoms with Gasteiger partial charge in [0.1, 0.15) is 11.6 Å². The number of hydrogen-bond acceptors (Lipinski definition) is 2. The Morgan fingerprint density at radius 2 is 2.00 bits per heavy atom. The van der Waals surface area contributed by atoms with Gasteiger partial charge in [0.2, 0.25) is 0 Å². The van der Waals surface area contributed by atoms with Crippen LogP contribution >= 0.6 is 0 Å². The van der Waals surface area contributed by atoms with Crippen molar-refractivity contribution in [1.82, 2.24) is 0 Å². The molecule has 1 saturated carbocycles. The van der Waals surface area contributed by atoms with E-state index in [4.69, 9.17) is 10.5 Å². The van der Waals surface area contributed by atoms with Crippen LogP contribution in [0.25, 0.3) is 0 Å². The summed E-state index contributed by atoms with van der Waals surface area (Å²) in [6, 6.07) is 3.00. The van der Waals surface area contributed by atoms with Crippen LogP contribution in [-0.2, 0) is 5.54 Å². The summed E-state index contributed by atoms with van der Waals surface area (Å²) < 4.78 is 18.7.